The highest BCUT2D eigenvalue weighted by atomic mass is 19.4. The molecule has 0 radical (unpaired) electrons. The molecule has 1 N–H and O–H groups in total. The standard InChI is InChI=1S/C21H22F6N4O/c1-30-17-11-28-5-2-16(17)18(29-30)19(32)31-6-3-12(4-7-31)13-8-14(20(22,23)24)10-15(9-13)21(25,26)27/h8-10,12,28H,2-7,11H2,1H3. The summed E-state index contributed by atoms with van der Waals surface area (Å²) in [6.07, 6.45) is -8.52. The minimum atomic E-state index is -4.88. The highest BCUT2D eigenvalue weighted by molar-refractivity contribution is 5.94. The molecule has 1 aromatic carbocycles. The van der Waals surface area contributed by atoms with E-state index in [0.29, 0.717) is 18.7 Å². The Hall–Kier alpha value is -2.56. The van der Waals surface area contributed by atoms with Crippen LogP contribution < -0.4 is 5.32 Å². The van der Waals surface area contributed by atoms with Crippen LogP contribution in [0, 0.1) is 0 Å². The van der Waals surface area contributed by atoms with Crippen LogP contribution in [0.25, 0.3) is 0 Å². The number of benzene rings is 1. The predicted molar refractivity (Wildman–Crippen MR) is 103 cm³/mol. The molecule has 0 bridgehead atoms. The van der Waals surface area contributed by atoms with Crippen LogP contribution in [-0.2, 0) is 32.4 Å². The highest BCUT2D eigenvalue weighted by Gasteiger charge is 2.38. The second-order valence-electron chi connectivity index (χ2n) is 8.23. The number of carbonyl (C=O) groups excluding carboxylic acids is 1. The molecule has 0 atom stereocenters. The van der Waals surface area contributed by atoms with Gasteiger partial charge >= 0.3 is 12.4 Å². The van der Waals surface area contributed by atoms with Crippen molar-refractivity contribution in [3.63, 3.8) is 0 Å². The second-order valence-corrected chi connectivity index (χ2v) is 8.23. The van der Waals surface area contributed by atoms with Gasteiger partial charge in [-0.25, -0.2) is 0 Å². The molecular formula is C21H22F6N4O. The van der Waals surface area contributed by atoms with E-state index in [1.807, 2.05) is 0 Å². The lowest BCUT2D eigenvalue weighted by Gasteiger charge is -2.32. The van der Waals surface area contributed by atoms with E-state index in [1.165, 1.54) is 0 Å². The Kier molecular flexibility index (Phi) is 5.72. The molecule has 2 aliphatic heterocycles. The molecule has 5 nitrogen and oxygen atoms in total. The molecule has 1 saturated heterocycles. The molecule has 1 aromatic heterocycles. The summed E-state index contributed by atoms with van der Waals surface area (Å²) in [6.45, 7) is 1.83. The molecule has 0 spiro atoms. The molecular weight excluding hydrogens is 438 g/mol. The van der Waals surface area contributed by atoms with Gasteiger partial charge < -0.3 is 10.2 Å². The number of nitrogens with zero attached hydrogens (tertiary/aromatic N) is 3. The van der Waals surface area contributed by atoms with E-state index in [0.717, 1.165) is 29.9 Å². The van der Waals surface area contributed by atoms with Gasteiger partial charge in [0.05, 0.1) is 16.8 Å². The Morgan fingerprint density at radius 2 is 1.62 bits per heavy atom. The van der Waals surface area contributed by atoms with Crippen molar-refractivity contribution in [2.75, 3.05) is 19.6 Å². The summed E-state index contributed by atoms with van der Waals surface area (Å²) in [4.78, 5) is 14.6. The van der Waals surface area contributed by atoms with Crippen LogP contribution in [0.4, 0.5) is 26.3 Å². The number of halogens is 6. The van der Waals surface area contributed by atoms with Crippen LogP contribution in [0.5, 0.6) is 0 Å². The Balaban J connectivity index is 1.52. The number of amides is 1. The summed E-state index contributed by atoms with van der Waals surface area (Å²) >= 11 is 0. The van der Waals surface area contributed by atoms with E-state index in [-0.39, 0.29) is 43.5 Å². The van der Waals surface area contributed by atoms with Crippen LogP contribution in [0.1, 0.15) is 57.2 Å². The summed E-state index contributed by atoms with van der Waals surface area (Å²) in [7, 11) is 1.76. The zero-order valence-corrected chi connectivity index (χ0v) is 17.3. The first-order chi connectivity index (χ1) is 14.9. The first kappa shape index (κ1) is 22.6. The number of hydrogen-bond donors (Lipinski definition) is 1. The number of nitrogens with one attached hydrogen (secondary N) is 1. The fourth-order valence-corrected chi connectivity index (χ4v) is 4.46. The average Bonchev–Trinajstić information content (AvgIpc) is 3.08. The summed E-state index contributed by atoms with van der Waals surface area (Å²) in [5.41, 5.74) is -0.408. The third kappa shape index (κ3) is 4.35. The zero-order valence-electron chi connectivity index (χ0n) is 17.3. The Morgan fingerprint density at radius 1 is 1.03 bits per heavy atom. The van der Waals surface area contributed by atoms with Crippen molar-refractivity contribution in [2.24, 2.45) is 7.05 Å². The molecule has 4 rings (SSSR count). The Labute approximate surface area is 180 Å². The number of fused-ring (bicyclic) bond motifs is 1. The Bertz CT molecular complexity index is 986. The number of hydrogen-bond acceptors (Lipinski definition) is 3. The van der Waals surface area contributed by atoms with Gasteiger partial charge in [-0.2, -0.15) is 31.4 Å². The third-order valence-electron chi connectivity index (χ3n) is 6.19. The molecule has 0 aliphatic carbocycles. The average molecular weight is 460 g/mol. The number of rotatable bonds is 2. The monoisotopic (exact) mass is 460 g/mol. The van der Waals surface area contributed by atoms with E-state index in [4.69, 9.17) is 0 Å². The third-order valence-corrected chi connectivity index (χ3v) is 6.19. The van der Waals surface area contributed by atoms with Crippen molar-refractivity contribution in [1.82, 2.24) is 20.0 Å². The number of aromatic nitrogens is 2. The predicted octanol–water partition coefficient (Wildman–Crippen LogP) is 4.12. The topological polar surface area (TPSA) is 50.2 Å². The van der Waals surface area contributed by atoms with Gasteiger partial charge in [0.2, 0.25) is 0 Å². The molecule has 2 aromatic rings. The van der Waals surface area contributed by atoms with Crippen molar-refractivity contribution >= 4 is 5.91 Å². The smallest absolute Gasteiger partial charge is 0.337 e. The van der Waals surface area contributed by atoms with Gasteiger partial charge in [0.15, 0.2) is 5.69 Å². The maximum absolute atomic E-state index is 13.2. The largest absolute Gasteiger partial charge is 0.416 e. The van der Waals surface area contributed by atoms with Crippen molar-refractivity contribution in [1.29, 1.82) is 0 Å². The zero-order chi connectivity index (χ0) is 23.3. The molecule has 3 heterocycles. The first-order valence-corrected chi connectivity index (χ1v) is 10.3. The highest BCUT2D eigenvalue weighted by Crippen LogP contribution is 2.39. The molecule has 0 saturated carbocycles. The molecule has 11 heteroatoms. The fraction of sp³-hybridized carbons (Fsp3) is 0.524. The van der Waals surface area contributed by atoms with Crippen molar-refractivity contribution in [3.05, 3.63) is 51.8 Å². The molecule has 174 valence electrons. The lowest BCUT2D eigenvalue weighted by atomic mass is 9.87. The van der Waals surface area contributed by atoms with Gasteiger partial charge in [-0.3, -0.25) is 9.48 Å². The van der Waals surface area contributed by atoms with Crippen molar-refractivity contribution in [3.8, 4) is 0 Å². The minimum absolute atomic E-state index is 0.000499. The van der Waals surface area contributed by atoms with Crippen LogP contribution >= 0.6 is 0 Å². The normalized spacial score (nSPS) is 18.0. The van der Waals surface area contributed by atoms with E-state index in [9.17, 15) is 31.1 Å². The maximum Gasteiger partial charge on any atom is 0.416 e. The van der Waals surface area contributed by atoms with Gasteiger partial charge in [-0.1, -0.05) is 0 Å². The van der Waals surface area contributed by atoms with Gasteiger partial charge in [0.25, 0.3) is 5.91 Å². The lowest BCUT2D eigenvalue weighted by molar-refractivity contribution is -0.143. The summed E-state index contributed by atoms with van der Waals surface area (Å²) < 4.78 is 80.7. The van der Waals surface area contributed by atoms with Crippen LogP contribution in [0.3, 0.4) is 0 Å². The maximum atomic E-state index is 13.2. The van der Waals surface area contributed by atoms with E-state index >= 15 is 0 Å². The van der Waals surface area contributed by atoms with Crippen LogP contribution in [-0.4, -0.2) is 40.2 Å². The van der Waals surface area contributed by atoms with E-state index in [1.54, 1.807) is 16.6 Å². The lowest BCUT2D eigenvalue weighted by Crippen LogP contribution is -2.39. The number of alkyl halides is 6. The van der Waals surface area contributed by atoms with Gasteiger partial charge in [-0.05, 0) is 55.5 Å². The minimum Gasteiger partial charge on any atom is -0.337 e. The summed E-state index contributed by atoms with van der Waals surface area (Å²) in [6, 6.07) is 1.72. The van der Waals surface area contributed by atoms with Gasteiger partial charge in [0, 0.05) is 32.2 Å². The summed E-state index contributed by atoms with van der Waals surface area (Å²) in [5, 5.41) is 7.58. The number of aryl methyl sites for hydroxylation is 1. The first-order valence-electron chi connectivity index (χ1n) is 10.3. The van der Waals surface area contributed by atoms with E-state index in [2.05, 4.69) is 10.4 Å². The Morgan fingerprint density at radius 3 is 2.19 bits per heavy atom. The van der Waals surface area contributed by atoms with Crippen molar-refractivity contribution in [2.45, 2.75) is 44.1 Å². The molecule has 1 amide bonds. The molecule has 32 heavy (non-hydrogen) atoms. The SMILES string of the molecule is Cn1nc(C(=O)N2CCC(c3cc(C(F)(F)F)cc(C(F)(F)F)c3)CC2)c2c1CNCC2. The quantitative estimate of drug-likeness (QED) is 0.686. The second kappa shape index (κ2) is 8.09. The number of carbonyl (C=O) groups is 1. The molecule has 1 fully saturated rings. The number of piperidine rings is 1. The van der Waals surface area contributed by atoms with Crippen LogP contribution in [0.15, 0.2) is 18.2 Å². The van der Waals surface area contributed by atoms with Gasteiger partial charge in [0.1, 0.15) is 0 Å². The molecule has 2 aliphatic rings. The fourth-order valence-electron chi connectivity index (χ4n) is 4.46. The van der Waals surface area contributed by atoms with Crippen LogP contribution in [0.2, 0.25) is 0 Å². The van der Waals surface area contributed by atoms with E-state index < -0.39 is 29.4 Å². The van der Waals surface area contributed by atoms with Crippen molar-refractivity contribution < 1.29 is 31.1 Å². The van der Waals surface area contributed by atoms with Gasteiger partial charge in [-0.15, -0.1) is 0 Å². The number of likely N-dealkylation sites (tertiary alicyclic amines) is 1. The summed E-state index contributed by atoms with van der Waals surface area (Å²) in [5.74, 6) is -0.744. The molecule has 0 unspecified atom stereocenters.